The van der Waals surface area contributed by atoms with E-state index in [9.17, 15) is 0 Å². The van der Waals surface area contributed by atoms with Gasteiger partial charge in [-0.15, -0.1) is 0 Å². The lowest BCUT2D eigenvalue weighted by Gasteiger charge is -2.09. The number of aryl methyl sites for hydroxylation is 2. The molecule has 0 amide bonds. The second kappa shape index (κ2) is 4.48. The van der Waals surface area contributed by atoms with Crippen LogP contribution in [0, 0.1) is 19.9 Å². The van der Waals surface area contributed by atoms with E-state index in [1.807, 2.05) is 32.0 Å². The zero-order valence-electron chi connectivity index (χ0n) is 9.14. The third-order valence-corrected chi connectivity index (χ3v) is 3.09. The van der Waals surface area contributed by atoms with E-state index in [4.69, 9.17) is 23.2 Å². The molecule has 16 heavy (non-hydrogen) atoms. The monoisotopic (exact) mass is 249 g/mol. The molecule has 0 aliphatic carbocycles. The standard InChI is InChI=1S/C14H11Cl2/c1-9-3-4-10(2)12(7-9)13-8-11(15)5-6-14(13)16/h4-8H,1-2H3. The molecule has 0 unspecified atom stereocenters. The topological polar surface area (TPSA) is 0 Å². The Labute approximate surface area is 106 Å². The molecule has 0 bridgehead atoms. The molecule has 0 saturated heterocycles. The average Bonchev–Trinajstić information content (AvgIpc) is 2.25. The lowest BCUT2D eigenvalue weighted by atomic mass is 9.98. The van der Waals surface area contributed by atoms with Gasteiger partial charge in [-0.05, 0) is 54.8 Å². The van der Waals surface area contributed by atoms with E-state index in [2.05, 4.69) is 12.1 Å². The van der Waals surface area contributed by atoms with Crippen LogP contribution in [0.2, 0.25) is 10.0 Å². The van der Waals surface area contributed by atoms with Gasteiger partial charge >= 0.3 is 0 Å². The largest absolute Gasteiger partial charge is 0.0843 e. The molecule has 0 aliphatic heterocycles. The number of hydrogen-bond acceptors (Lipinski definition) is 0. The van der Waals surface area contributed by atoms with Crippen LogP contribution in [-0.2, 0) is 0 Å². The molecule has 0 nitrogen and oxygen atoms in total. The summed E-state index contributed by atoms with van der Waals surface area (Å²) in [6, 6.07) is 12.7. The van der Waals surface area contributed by atoms with Gasteiger partial charge in [-0.2, -0.15) is 0 Å². The Kier molecular flexibility index (Phi) is 3.22. The fourth-order valence-electron chi connectivity index (χ4n) is 1.67. The highest BCUT2D eigenvalue weighted by molar-refractivity contribution is 6.35. The van der Waals surface area contributed by atoms with Gasteiger partial charge in [0.25, 0.3) is 0 Å². The van der Waals surface area contributed by atoms with E-state index in [1.54, 1.807) is 6.07 Å². The molecular weight excluding hydrogens is 239 g/mol. The van der Waals surface area contributed by atoms with Crippen LogP contribution in [0.1, 0.15) is 11.1 Å². The zero-order chi connectivity index (χ0) is 11.7. The third kappa shape index (κ3) is 2.23. The van der Waals surface area contributed by atoms with Crippen LogP contribution in [0.25, 0.3) is 11.1 Å². The molecule has 0 N–H and O–H groups in total. The van der Waals surface area contributed by atoms with E-state index in [-0.39, 0.29) is 0 Å². The highest BCUT2D eigenvalue weighted by atomic mass is 35.5. The SMILES string of the molecule is Cc1[c]cc(C)c(-c2cc(Cl)ccc2Cl)c1. The lowest BCUT2D eigenvalue weighted by Crippen LogP contribution is -1.86. The molecule has 0 saturated carbocycles. The maximum Gasteiger partial charge on any atom is 0.0485 e. The van der Waals surface area contributed by atoms with Crippen LogP contribution in [-0.4, -0.2) is 0 Å². The van der Waals surface area contributed by atoms with Gasteiger partial charge in [-0.1, -0.05) is 35.3 Å². The first-order valence-electron chi connectivity index (χ1n) is 5.02. The summed E-state index contributed by atoms with van der Waals surface area (Å²) in [6.45, 7) is 4.06. The molecule has 0 spiro atoms. The maximum absolute atomic E-state index is 6.19. The Bertz CT molecular complexity index is 481. The summed E-state index contributed by atoms with van der Waals surface area (Å²) in [6.07, 6.45) is 0. The van der Waals surface area contributed by atoms with Crippen molar-refractivity contribution in [2.45, 2.75) is 13.8 Å². The number of halogens is 2. The van der Waals surface area contributed by atoms with Gasteiger partial charge in [-0.25, -0.2) is 0 Å². The molecule has 81 valence electrons. The van der Waals surface area contributed by atoms with E-state index >= 15 is 0 Å². The van der Waals surface area contributed by atoms with E-state index in [0.29, 0.717) is 5.02 Å². The fourth-order valence-corrected chi connectivity index (χ4v) is 2.06. The molecular formula is C14H11Cl2. The second-order valence-corrected chi connectivity index (χ2v) is 4.68. The Hall–Kier alpha value is -0.980. The fraction of sp³-hybridized carbons (Fsp3) is 0.143. The summed E-state index contributed by atoms with van der Waals surface area (Å²) in [5.41, 5.74) is 4.33. The summed E-state index contributed by atoms with van der Waals surface area (Å²) >= 11 is 12.2. The number of hydrogen-bond donors (Lipinski definition) is 0. The van der Waals surface area contributed by atoms with E-state index in [0.717, 1.165) is 27.3 Å². The Morgan fingerprint density at radius 1 is 1.00 bits per heavy atom. The minimum absolute atomic E-state index is 0.698. The summed E-state index contributed by atoms with van der Waals surface area (Å²) < 4.78 is 0. The Balaban J connectivity index is 2.66. The van der Waals surface area contributed by atoms with Crippen molar-refractivity contribution in [1.82, 2.24) is 0 Å². The van der Waals surface area contributed by atoms with E-state index < -0.39 is 0 Å². The number of rotatable bonds is 1. The van der Waals surface area contributed by atoms with Crippen molar-refractivity contribution in [3.05, 3.63) is 57.6 Å². The zero-order valence-corrected chi connectivity index (χ0v) is 10.7. The molecule has 0 atom stereocenters. The van der Waals surface area contributed by atoms with Gasteiger partial charge in [-0.3, -0.25) is 0 Å². The first kappa shape index (κ1) is 11.5. The quantitative estimate of drug-likeness (QED) is 0.662. The van der Waals surface area contributed by atoms with Crippen molar-refractivity contribution in [3.63, 3.8) is 0 Å². The van der Waals surface area contributed by atoms with Crippen molar-refractivity contribution in [2.75, 3.05) is 0 Å². The van der Waals surface area contributed by atoms with Gasteiger partial charge in [0.05, 0.1) is 0 Å². The van der Waals surface area contributed by atoms with E-state index in [1.165, 1.54) is 0 Å². The van der Waals surface area contributed by atoms with Crippen molar-refractivity contribution >= 4 is 23.2 Å². The lowest BCUT2D eigenvalue weighted by molar-refractivity contribution is 1.38. The molecule has 0 fully saturated rings. The van der Waals surface area contributed by atoms with Crippen molar-refractivity contribution < 1.29 is 0 Å². The minimum Gasteiger partial charge on any atom is -0.0843 e. The van der Waals surface area contributed by atoms with Crippen molar-refractivity contribution in [1.29, 1.82) is 0 Å². The van der Waals surface area contributed by atoms with Crippen LogP contribution >= 0.6 is 23.2 Å². The summed E-state index contributed by atoms with van der Waals surface area (Å²) in [7, 11) is 0. The van der Waals surface area contributed by atoms with Crippen LogP contribution in [0.4, 0.5) is 0 Å². The van der Waals surface area contributed by atoms with Crippen LogP contribution in [0.3, 0.4) is 0 Å². The molecule has 2 aromatic rings. The molecule has 2 aromatic carbocycles. The molecule has 2 rings (SSSR count). The summed E-state index contributed by atoms with van der Waals surface area (Å²) in [4.78, 5) is 0. The molecule has 0 aliphatic rings. The molecule has 0 heterocycles. The van der Waals surface area contributed by atoms with Gasteiger partial charge in [0.15, 0.2) is 0 Å². The Morgan fingerprint density at radius 3 is 2.50 bits per heavy atom. The maximum atomic E-state index is 6.19. The van der Waals surface area contributed by atoms with Crippen LogP contribution in [0.15, 0.2) is 30.3 Å². The predicted octanol–water partition coefficient (Wildman–Crippen LogP) is 5.08. The second-order valence-electron chi connectivity index (χ2n) is 3.84. The minimum atomic E-state index is 0.698. The van der Waals surface area contributed by atoms with Gasteiger partial charge in [0.2, 0.25) is 0 Å². The first-order valence-corrected chi connectivity index (χ1v) is 5.78. The smallest absolute Gasteiger partial charge is 0.0485 e. The molecule has 2 heteroatoms. The van der Waals surface area contributed by atoms with Gasteiger partial charge in [0, 0.05) is 15.6 Å². The van der Waals surface area contributed by atoms with Crippen LogP contribution < -0.4 is 0 Å². The van der Waals surface area contributed by atoms with Crippen molar-refractivity contribution in [3.8, 4) is 11.1 Å². The Morgan fingerprint density at radius 2 is 1.75 bits per heavy atom. The summed E-state index contributed by atoms with van der Waals surface area (Å²) in [5.74, 6) is 0. The molecule has 1 radical (unpaired) electrons. The molecule has 0 aromatic heterocycles. The predicted molar refractivity (Wildman–Crippen MR) is 70.2 cm³/mol. The van der Waals surface area contributed by atoms with Crippen molar-refractivity contribution in [2.24, 2.45) is 0 Å². The normalized spacial score (nSPS) is 10.5. The summed E-state index contributed by atoms with van der Waals surface area (Å²) in [5, 5.41) is 1.42. The van der Waals surface area contributed by atoms with Crippen LogP contribution in [0.5, 0.6) is 0 Å². The average molecular weight is 250 g/mol. The highest BCUT2D eigenvalue weighted by Gasteiger charge is 2.07. The third-order valence-electron chi connectivity index (χ3n) is 2.52. The number of benzene rings is 2. The van der Waals surface area contributed by atoms with Gasteiger partial charge in [0.1, 0.15) is 0 Å². The van der Waals surface area contributed by atoms with Gasteiger partial charge < -0.3 is 0 Å². The first-order chi connectivity index (χ1) is 7.58. The highest BCUT2D eigenvalue weighted by Crippen LogP contribution is 2.32.